The molecule has 0 bridgehead atoms. The molecule has 4 heteroatoms. The number of rotatable bonds is 4. The molecular weight excluding hydrogens is 328 g/mol. The van der Waals surface area contributed by atoms with Crippen molar-refractivity contribution >= 4 is 5.97 Å². The third kappa shape index (κ3) is 3.02. The van der Waals surface area contributed by atoms with E-state index in [4.69, 9.17) is 9.15 Å². The van der Waals surface area contributed by atoms with Crippen LogP contribution in [0.4, 0.5) is 0 Å². The van der Waals surface area contributed by atoms with E-state index in [2.05, 4.69) is 26.8 Å². The van der Waals surface area contributed by atoms with Gasteiger partial charge >= 0.3 is 5.97 Å². The van der Waals surface area contributed by atoms with Gasteiger partial charge in [0, 0.05) is 18.3 Å². The van der Waals surface area contributed by atoms with E-state index in [1.165, 1.54) is 12.5 Å². The lowest BCUT2D eigenvalue weighted by Crippen LogP contribution is -2.61. The van der Waals surface area contributed by atoms with Gasteiger partial charge in [0.05, 0.1) is 18.1 Å². The van der Waals surface area contributed by atoms with Crippen LogP contribution in [-0.2, 0) is 16.0 Å². The van der Waals surface area contributed by atoms with Crippen LogP contribution in [-0.4, -0.2) is 22.8 Å². The molecule has 2 aliphatic carbocycles. The molecule has 0 saturated heterocycles. The third-order valence-electron chi connectivity index (χ3n) is 7.01. The Balaban J connectivity index is 2.02. The number of fused-ring (bicyclic) bond motifs is 1. The fourth-order valence-electron chi connectivity index (χ4n) is 5.44. The Bertz CT molecular complexity index is 687. The zero-order chi connectivity index (χ0) is 19.2. The van der Waals surface area contributed by atoms with E-state index in [0.29, 0.717) is 6.42 Å². The van der Waals surface area contributed by atoms with Crippen molar-refractivity contribution in [2.45, 2.75) is 78.4 Å². The summed E-state index contributed by atoms with van der Waals surface area (Å²) in [6, 6.07) is 1.95. The summed E-state index contributed by atoms with van der Waals surface area (Å²) in [5, 5.41) is 12.0. The van der Waals surface area contributed by atoms with Crippen LogP contribution >= 0.6 is 0 Å². The Morgan fingerprint density at radius 3 is 2.69 bits per heavy atom. The summed E-state index contributed by atoms with van der Waals surface area (Å²) in [5.41, 5.74) is 1.08. The molecule has 2 aliphatic rings. The molecule has 1 aromatic heterocycles. The van der Waals surface area contributed by atoms with Crippen molar-refractivity contribution in [2.24, 2.45) is 16.7 Å². The van der Waals surface area contributed by atoms with Crippen molar-refractivity contribution < 1.29 is 19.1 Å². The van der Waals surface area contributed by atoms with Gasteiger partial charge in [-0.2, -0.15) is 0 Å². The molecule has 26 heavy (non-hydrogen) atoms. The Hall–Kier alpha value is -1.55. The molecule has 1 saturated carbocycles. The lowest BCUT2D eigenvalue weighted by atomic mass is 9.48. The molecule has 1 heterocycles. The molecule has 0 unspecified atom stereocenters. The fraction of sp³-hybridized carbons (Fsp3) is 0.682. The summed E-state index contributed by atoms with van der Waals surface area (Å²) in [6.45, 7) is 10.1. The first-order valence-electron chi connectivity index (χ1n) is 9.74. The van der Waals surface area contributed by atoms with Crippen molar-refractivity contribution in [3.05, 3.63) is 35.8 Å². The normalized spacial score (nSPS) is 36.2. The maximum Gasteiger partial charge on any atom is 0.303 e. The van der Waals surface area contributed by atoms with Gasteiger partial charge in [-0.1, -0.05) is 39.7 Å². The standard InChI is InChI=1S/C22H32O4/c1-15-18(26-16(2)23)13-19-20(3,4)9-6-10-21(19,5)22(15,24)11-7-17-8-12-25-14-17/h8,12-15,18,24H,6-7,9-11H2,1-5H3/t15-,18-,21-,22+/m0/s1. The summed E-state index contributed by atoms with van der Waals surface area (Å²) >= 11 is 0. The number of hydrogen-bond acceptors (Lipinski definition) is 4. The lowest BCUT2D eigenvalue weighted by molar-refractivity contribution is -0.174. The van der Waals surface area contributed by atoms with Crippen LogP contribution in [0.5, 0.6) is 0 Å². The van der Waals surface area contributed by atoms with Crippen LogP contribution in [0, 0.1) is 16.7 Å². The van der Waals surface area contributed by atoms with Gasteiger partial charge in [0.25, 0.3) is 0 Å². The van der Waals surface area contributed by atoms with Crippen molar-refractivity contribution in [2.75, 3.05) is 0 Å². The third-order valence-corrected chi connectivity index (χ3v) is 7.01. The van der Waals surface area contributed by atoms with Crippen molar-refractivity contribution in [1.29, 1.82) is 0 Å². The van der Waals surface area contributed by atoms with Gasteiger partial charge in [0.15, 0.2) is 0 Å². The molecule has 0 amide bonds. The van der Waals surface area contributed by atoms with Gasteiger partial charge in [-0.05, 0) is 48.8 Å². The number of furan rings is 1. The smallest absolute Gasteiger partial charge is 0.303 e. The summed E-state index contributed by atoms with van der Waals surface area (Å²) in [6.07, 6.45) is 9.67. The molecule has 1 N–H and O–H groups in total. The maximum atomic E-state index is 12.0. The summed E-state index contributed by atoms with van der Waals surface area (Å²) in [5.74, 6) is -0.464. The second-order valence-electron chi connectivity index (χ2n) is 9.07. The topological polar surface area (TPSA) is 59.7 Å². The van der Waals surface area contributed by atoms with Crippen LogP contribution in [0.15, 0.2) is 34.7 Å². The Labute approximate surface area is 156 Å². The minimum absolute atomic E-state index is 0.00480. The second-order valence-corrected chi connectivity index (χ2v) is 9.07. The first kappa shape index (κ1) is 19.2. The maximum absolute atomic E-state index is 12.0. The minimum Gasteiger partial charge on any atom is -0.472 e. The molecule has 4 atom stereocenters. The molecule has 0 radical (unpaired) electrons. The first-order valence-corrected chi connectivity index (χ1v) is 9.74. The van der Waals surface area contributed by atoms with Crippen LogP contribution in [0.3, 0.4) is 0 Å². The molecule has 0 aromatic carbocycles. The Morgan fingerprint density at radius 1 is 1.35 bits per heavy atom. The van der Waals surface area contributed by atoms with Crippen molar-refractivity contribution in [3.63, 3.8) is 0 Å². The van der Waals surface area contributed by atoms with Crippen LogP contribution in [0.1, 0.15) is 65.9 Å². The summed E-state index contributed by atoms with van der Waals surface area (Å²) in [4.78, 5) is 11.7. The highest BCUT2D eigenvalue weighted by Gasteiger charge is 2.60. The molecule has 3 rings (SSSR count). The van der Waals surface area contributed by atoms with E-state index in [0.717, 1.165) is 31.2 Å². The van der Waals surface area contributed by atoms with Gasteiger partial charge in [-0.15, -0.1) is 0 Å². The van der Waals surface area contributed by atoms with E-state index in [1.807, 2.05) is 13.0 Å². The highest BCUT2D eigenvalue weighted by Crippen LogP contribution is 2.61. The molecule has 1 aromatic rings. The number of aliphatic hydroxyl groups is 1. The van der Waals surface area contributed by atoms with Crippen LogP contribution < -0.4 is 0 Å². The van der Waals surface area contributed by atoms with Gasteiger partial charge < -0.3 is 14.3 Å². The highest BCUT2D eigenvalue weighted by molar-refractivity contribution is 5.66. The fourth-order valence-corrected chi connectivity index (χ4v) is 5.44. The Kier molecular flexibility index (Phi) is 4.85. The zero-order valence-electron chi connectivity index (χ0n) is 16.7. The number of esters is 1. The van der Waals surface area contributed by atoms with E-state index in [1.54, 1.807) is 12.5 Å². The molecular formula is C22H32O4. The van der Waals surface area contributed by atoms with E-state index in [-0.39, 0.29) is 28.8 Å². The van der Waals surface area contributed by atoms with Gasteiger partial charge in [-0.25, -0.2) is 0 Å². The van der Waals surface area contributed by atoms with Gasteiger partial charge in [0.1, 0.15) is 6.10 Å². The SMILES string of the molecule is CC(=O)O[C@H]1C=C2C(C)(C)CCC[C@]2(C)[C@@](O)(CCc2ccoc2)[C@H]1C. The average molecular weight is 360 g/mol. The van der Waals surface area contributed by atoms with Gasteiger partial charge in [0.2, 0.25) is 0 Å². The predicted octanol–water partition coefficient (Wildman–Crippen LogP) is 4.67. The largest absolute Gasteiger partial charge is 0.472 e. The summed E-state index contributed by atoms with van der Waals surface area (Å²) < 4.78 is 10.8. The van der Waals surface area contributed by atoms with Crippen molar-refractivity contribution in [1.82, 2.24) is 0 Å². The predicted molar refractivity (Wildman–Crippen MR) is 101 cm³/mol. The summed E-state index contributed by atoms with van der Waals surface area (Å²) in [7, 11) is 0. The number of carbonyl (C=O) groups excluding carboxylic acids is 1. The van der Waals surface area contributed by atoms with Crippen LogP contribution in [0.25, 0.3) is 0 Å². The first-order chi connectivity index (χ1) is 12.1. The average Bonchev–Trinajstić information content (AvgIpc) is 3.06. The minimum atomic E-state index is -0.938. The quantitative estimate of drug-likeness (QED) is 0.626. The monoisotopic (exact) mass is 360 g/mol. The number of carbonyl (C=O) groups is 1. The number of ether oxygens (including phenoxy) is 1. The Morgan fingerprint density at radius 2 is 2.08 bits per heavy atom. The van der Waals surface area contributed by atoms with Gasteiger partial charge in [-0.3, -0.25) is 4.79 Å². The van der Waals surface area contributed by atoms with Crippen molar-refractivity contribution in [3.8, 4) is 0 Å². The molecule has 0 aliphatic heterocycles. The molecule has 4 nitrogen and oxygen atoms in total. The second kappa shape index (κ2) is 6.56. The van der Waals surface area contributed by atoms with E-state index >= 15 is 0 Å². The zero-order valence-corrected chi connectivity index (χ0v) is 16.7. The molecule has 0 spiro atoms. The lowest BCUT2D eigenvalue weighted by Gasteiger charge is -2.60. The number of aryl methyl sites for hydroxylation is 1. The number of hydrogen-bond donors (Lipinski definition) is 1. The van der Waals surface area contributed by atoms with E-state index < -0.39 is 5.60 Å². The van der Waals surface area contributed by atoms with Crippen LogP contribution in [0.2, 0.25) is 0 Å². The molecule has 144 valence electrons. The highest BCUT2D eigenvalue weighted by atomic mass is 16.5. The molecule has 1 fully saturated rings. The van der Waals surface area contributed by atoms with E-state index in [9.17, 15) is 9.90 Å².